The Kier molecular flexibility index (Phi) is 5.92. The van der Waals surface area contributed by atoms with Gasteiger partial charge in [-0.15, -0.1) is 0 Å². The molecule has 0 amide bonds. The van der Waals surface area contributed by atoms with Gasteiger partial charge in [0, 0.05) is 5.56 Å². The number of benzene rings is 1. The average Bonchev–Trinajstić information content (AvgIpc) is 2.27. The van der Waals surface area contributed by atoms with Gasteiger partial charge in [0.05, 0.1) is 11.1 Å². The molecule has 0 radical (unpaired) electrons. The molecule has 0 spiro atoms. The summed E-state index contributed by atoms with van der Waals surface area (Å²) in [5.41, 5.74) is 6.41. The van der Waals surface area contributed by atoms with E-state index in [4.69, 9.17) is 22.7 Å². The van der Waals surface area contributed by atoms with Crippen molar-refractivity contribution in [3.63, 3.8) is 0 Å². The van der Waals surface area contributed by atoms with Gasteiger partial charge in [0.25, 0.3) is 0 Å². The van der Waals surface area contributed by atoms with Crippen LogP contribution in [0.3, 0.4) is 0 Å². The first-order valence-corrected chi connectivity index (χ1v) is 6.96. The van der Waals surface area contributed by atoms with Crippen molar-refractivity contribution in [1.82, 2.24) is 0 Å². The number of hydrogen-bond acceptors (Lipinski definition) is 2. The second-order valence-corrected chi connectivity index (χ2v) is 5.51. The predicted molar refractivity (Wildman–Crippen MR) is 79.6 cm³/mol. The highest BCUT2D eigenvalue weighted by Crippen LogP contribution is 2.26. The van der Waals surface area contributed by atoms with Crippen molar-refractivity contribution in [3.8, 4) is 5.75 Å². The zero-order valence-electron chi connectivity index (χ0n) is 10.2. The molecule has 4 heteroatoms. The van der Waals surface area contributed by atoms with Crippen molar-refractivity contribution in [2.45, 2.75) is 26.7 Å². The highest BCUT2D eigenvalue weighted by atomic mass is 79.9. The minimum absolute atomic E-state index is 0.400. The van der Waals surface area contributed by atoms with E-state index in [1.165, 1.54) is 12.8 Å². The molecule has 1 atom stereocenters. The van der Waals surface area contributed by atoms with Crippen LogP contribution in [0.15, 0.2) is 22.7 Å². The number of hydrogen-bond donors (Lipinski definition) is 1. The smallest absolute Gasteiger partial charge is 0.133 e. The van der Waals surface area contributed by atoms with Crippen molar-refractivity contribution >= 4 is 33.1 Å². The summed E-state index contributed by atoms with van der Waals surface area (Å²) in [5.74, 6) is 1.41. The molecular weight excluding hydrogens is 298 g/mol. The van der Waals surface area contributed by atoms with E-state index in [0.717, 1.165) is 22.4 Å². The third-order valence-electron chi connectivity index (χ3n) is 2.52. The molecular formula is C13H18BrNOS. The molecule has 0 fully saturated rings. The van der Waals surface area contributed by atoms with Crippen LogP contribution in [0.2, 0.25) is 0 Å². The Hall–Kier alpha value is -0.610. The van der Waals surface area contributed by atoms with Gasteiger partial charge in [-0.2, -0.15) is 0 Å². The minimum Gasteiger partial charge on any atom is -0.492 e. The maximum absolute atomic E-state index is 5.75. The SMILES string of the molecule is CCCC(C)COc1ccc(C(N)=S)cc1Br. The molecule has 94 valence electrons. The molecule has 0 saturated carbocycles. The van der Waals surface area contributed by atoms with Crippen LogP contribution in [0.5, 0.6) is 5.75 Å². The first-order chi connectivity index (χ1) is 8.04. The Balaban J connectivity index is 2.63. The van der Waals surface area contributed by atoms with E-state index in [1.54, 1.807) is 0 Å². The molecule has 1 rings (SSSR count). The molecule has 17 heavy (non-hydrogen) atoms. The molecule has 0 saturated heterocycles. The van der Waals surface area contributed by atoms with Gasteiger partial charge in [-0.1, -0.05) is 32.5 Å². The lowest BCUT2D eigenvalue weighted by Crippen LogP contribution is -2.11. The third kappa shape index (κ3) is 4.64. The van der Waals surface area contributed by atoms with Crippen molar-refractivity contribution in [2.75, 3.05) is 6.61 Å². The molecule has 0 aliphatic rings. The maximum atomic E-state index is 5.75. The summed E-state index contributed by atoms with van der Waals surface area (Å²) in [7, 11) is 0. The van der Waals surface area contributed by atoms with Gasteiger partial charge in [-0.25, -0.2) is 0 Å². The summed E-state index contributed by atoms with van der Waals surface area (Å²) >= 11 is 8.39. The lowest BCUT2D eigenvalue weighted by atomic mass is 10.1. The Labute approximate surface area is 117 Å². The topological polar surface area (TPSA) is 35.2 Å². The number of rotatable bonds is 6. The van der Waals surface area contributed by atoms with Crippen molar-refractivity contribution in [2.24, 2.45) is 11.7 Å². The van der Waals surface area contributed by atoms with Crippen LogP contribution >= 0.6 is 28.1 Å². The molecule has 2 N–H and O–H groups in total. The highest BCUT2D eigenvalue weighted by Gasteiger charge is 2.06. The van der Waals surface area contributed by atoms with Crippen LogP contribution in [0.4, 0.5) is 0 Å². The Morgan fingerprint density at radius 2 is 2.24 bits per heavy atom. The summed E-state index contributed by atoms with van der Waals surface area (Å²) in [5, 5.41) is 0. The van der Waals surface area contributed by atoms with Gasteiger partial charge in [-0.3, -0.25) is 0 Å². The highest BCUT2D eigenvalue weighted by molar-refractivity contribution is 9.10. The first-order valence-electron chi connectivity index (χ1n) is 5.76. The minimum atomic E-state index is 0.400. The summed E-state index contributed by atoms with van der Waals surface area (Å²) in [6, 6.07) is 5.67. The van der Waals surface area contributed by atoms with Crippen LogP contribution in [0.1, 0.15) is 32.3 Å². The summed E-state index contributed by atoms with van der Waals surface area (Å²) < 4.78 is 6.65. The molecule has 0 aromatic heterocycles. The van der Waals surface area contributed by atoms with Crippen LogP contribution in [-0.4, -0.2) is 11.6 Å². The lowest BCUT2D eigenvalue weighted by Gasteiger charge is -2.13. The normalized spacial score (nSPS) is 12.2. The molecule has 1 aromatic rings. The summed E-state index contributed by atoms with van der Waals surface area (Å²) in [6.07, 6.45) is 2.37. The molecule has 1 aromatic carbocycles. The number of nitrogens with two attached hydrogens (primary N) is 1. The number of ether oxygens (including phenoxy) is 1. The lowest BCUT2D eigenvalue weighted by molar-refractivity contribution is 0.250. The fourth-order valence-electron chi connectivity index (χ4n) is 1.58. The Morgan fingerprint density at radius 3 is 2.76 bits per heavy atom. The van der Waals surface area contributed by atoms with Crippen molar-refractivity contribution in [1.29, 1.82) is 0 Å². The quantitative estimate of drug-likeness (QED) is 0.809. The van der Waals surface area contributed by atoms with Gasteiger partial charge in [0.2, 0.25) is 0 Å². The molecule has 0 aliphatic carbocycles. The van der Waals surface area contributed by atoms with E-state index in [2.05, 4.69) is 29.8 Å². The third-order valence-corrected chi connectivity index (χ3v) is 3.38. The molecule has 1 unspecified atom stereocenters. The standard InChI is InChI=1S/C13H18BrNOS/c1-3-4-9(2)8-16-12-6-5-10(13(15)17)7-11(12)14/h5-7,9H,3-4,8H2,1-2H3,(H2,15,17). The van der Waals surface area contributed by atoms with Gasteiger partial charge in [0.15, 0.2) is 0 Å². The van der Waals surface area contributed by atoms with Gasteiger partial charge < -0.3 is 10.5 Å². The van der Waals surface area contributed by atoms with Crippen molar-refractivity contribution in [3.05, 3.63) is 28.2 Å². The van der Waals surface area contributed by atoms with Crippen LogP contribution < -0.4 is 10.5 Å². The van der Waals surface area contributed by atoms with E-state index < -0.39 is 0 Å². The van der Waals surface area contributed by atoms with Crippen LogP contribution in [0, 0.1) is 5.92 Å². The Morgan fingerprint density at radius 1 is 1.53 bits per heavy atom. The Bertz CT molecular complexity index is 395. The van der Waals surface area contributed by atoms with E-state index in [1.807, 2.05) is 18.2 Å². The fraction of sp³-hybridized carbons (Fsp3) is 0.462. The summed E-state index contributed by atoms with van der Waals surface area (Å²) in [6.45, 7) is 5.11. The van der Waals surface area contributed by atoms with E-state index in [0.29, 0.717) is 10.9 Å². The van der Waals surface area contributed by atoms with Gasteiger partial charge in [-0.05, 0) is 46.5 Å². The van der Waals surface area contributed by atoms with Gasteiger partial charge in [0.1, 0.15) is 10.7 Å². The molecule has 0 aliphatic heterocycles. The second kappa shape index (κ2) is 6.97. The van der Waals surface area contributed by atoms with E-state index in [-0.39, 0.29) is 0 Å². The zero-order chi connectivity index (χ0) is 12.8. The second-order valence-electron chi connectivity index (χ2n) is 4.21. The number of halogens is 1. The van der Waals surface area contributed by atoms with Crippen molar-refractivity contribution < 1.29 is 4.74 Å². The molecule has 0 heterocycles. The molecule has 0 bridgehead atoms. The average molecular weight is 316 g/mol. The van der Waals surface area contributed by atoms with Gasteiger partial charge >= 0.3 is 0 Å². The van der Waals surface area contributed by atoms with E-state index >= 15 is 0 Å². The van der Waals surface area contributed by atoms with E-state index in [9.17, 15) is 0 Å². The first kappa shape index (κ1) is 14.5. The number of thiocarbonyl (C=S) groups is 1. The fourth-order valence-corrected chi connectivity index (χ4v) is 2.20. The van der Waals surface area contributed by atoms with Crippen LogP contribution in [0.25, 0.3) is 0 Å². The van der Waals surface area contributed by atoms with Crippen LogP contribution in [-0.2, 0) is 0 Å². The molecule has 2 nitrogen and oxygen atoms in total. The predicted octanol–water partition coefficient (Wildman–Crippen LogP) is 3.90. The largest absolute Gasteiger partial charge is 0.492 e. The summed E-state index contributed by atoms with van der Waals surface area (Å²) in [4.78, 5) is 0.400. The zero-order valence-corrected chi connectivity index (χ0v) is 12.6. The maximum Gasteiger partial charge on any atom is 0.133 e. The monoisotopic (exact) mass is 315 g/mol.